The van der Waals surface area contributed by atoms with E-state index in [0.717, 1.165) is 28.8 Å². The molecule has 6 atom stereocenters. The summed E-state index contributed by atoms with van der Waals surface area (Å²) in [5, 5.41) is 61.9. The van der Waals surface area contributed by atoms with Gasteiger partial charge in [-0.15, -0.1) is 0 Å². The highest BCUT2D eigenvalue weighted by Crippen LogP contribution is 2.67. The number of phenolic OH excluding ortho intramolecular Hbond substituents is 1. The van der Waals surface area contributed by atoms with Crippen molar-refractivity contribution >= 4 is 33.9 Å². The van der Waals surface area contributed by atoms with Gasteiger partial charge in [0.25, 0.3) is 0 Å². The number of phenols is 1. The number of ketones is 3. The van der Waals surface area contributed by atoms with E-state index < -0.39 is 74.7 Å². The van der Waals surface area contributed by atoms with Gasteiger partial charge in [-0.1, -0.05) is 101 Å². The summed E-state index contributed by atoms with van der Waals surface area (Å²) in [6.07, 6.45) is -0.865. The van der Waals surface area contributed by atoms with Crippen molar-refractivity contribution in [3.8, 4) is 5.75 Å². The number of rotatable bonds is 6. The highest BCUT2D eigenvalue weighted by molar-refractivity contribution is 6.24. The summed E-state index contributed by atoms with van der Waals surface area (Å²) in [4.78, 5) is 41.1. The predicted octanol–water partition coefficient (Wildman–Crippen LogP) is 6.22. The highest BCUT2D eigenvalue weighted by atomic mass is 16.4. The van der Waals surface area contributed by atoms with Crippen LogP contribution in [-0.4, -0.2) is 54.6 Å². The first-order chi connectivity index (χ1) is 22.4. The van der Waals surface area contributed by atoms with Crippen molar-refractivity contribution in [2.45, 2.75) is 72.0 Å². The van der Waals surface area contributed by atoms with Gasteiger partial charge in [0.05, 0.1) is 17.2 Å². The van der Waals surface area contributed by atoms with Crippen LogP contribution in [0.4, 0.5) is 0 Å². The molecule has 0 amide bonds. The first kappa shape index (κ1) is 33.4. The summed E-state index contributed by atoms with van der Waals surface area (Å²) < 4.78 is 0. The van der Waals surface area contributed by atoms with Crippen molar-refractivity contribution in [3.05, 3.63) is 106 Å². The van der Waals surface area contributed by atoms with Gasteiger partial charge in [-0.25, -0.2) is 0 Å². The molecule has 8 nitrogen and oxygen atoms in total. The fraction of sp³-hybridized carbons (Fsp3) is 0.375. The van der Waals surface area contributed by atoms with Crippen molar-refractivity contribution in [1.82, 2.24) is 0 Å². The molecule has 0 radical (unpaired) electrons. The number of benzene rings is 3. The second kappa shape index (κ2) is 11.0. The smallest absolute Gasteiger partial charge is 0.203 e. The molecule has 48 heavy (non-hydrogen) atoms. The molecular weight excluding hydrogens is 608 g/mol. The lowest BCUT2D eigenvalue weighted by atomic mass is 9.40. The van der Waals surface area contributed by atoms with Crippen molar-refractivity contribution in [1.29, 1.82) is 0 Å². The highest BCUT2D eigenvalue weighted by Gasteiger charge is 2.77. The van der Waals surface area contributed by atoms with E-state index in [1.165, 1.54) is 6.92 Å². The van der Waals surface area contributed by atoms with Gasteiger partial charge in [0, 0.05) is 16.7 Å². The fourth-order valence-electron chi connectivity index (χ4n) is 9.16. The van der Waals surface area contributed by atoms with Crippen molar-refractivity contribution in [2.75, 3.05) is 0 Å². The molecule has 3 aliphatic carbocycles. The number of Topliss-reactive ketones (excluding diaryl/α,β-unsaturated/α-hetero) is 3. The van der Waals surface area contributed by atoms with Crippen LogP contribution in [0.5, 0.6) is 5.75 Å². The number of aromatic hydroxyl groups is 1. The molecule has 3 aromatic carbocycles. The van der Waals surface area contributed by atoms with Crippen LogP contribution < -0.4 is 0 Å². The Kier molecular flexibility index (Phi) is 7.65. The third kappa shape index (κ3) is 4.12. The van der Waals surface area contributed by atoms with Crippen LogP contribution >= 0.6 is 0 Å². The minimum absolute atomic E-state index is 0.0132. The van der Waals surface area contributed by atoms with Gasteiger partial charge in [0.15, 0.2) is 17.2 Å². The summed E-state index contributed by atoms with van der Waals surface area (Å²) in [7, 11) is 0. The average Bonchev–Trinajstić information content (AvgIpc) is 3.02. The lowest BCUT2D eigenvalue weighted by molar-refractivity contribution is -0.215. The van der Waals surface area contributed by atoms with Crippen molar-refractivity contribution < 1.29 is 39.9 Å². The lowest BCUT2D eigenvalue weighted by Crippen LogP contribution is -2.75. The Morgan fingerprint density at radius 2 is 1.56 bits per heavy atom. The monoisotopic (exact) mass is 650 g/mol. The van der Waals surface area contributed by atoms with Crippen LogP contribution in [0.15, 0.2) is 83.7 Å². The molecule has 1 unspecified atom stereocenters. The van der Waals surface area contributed by atoms with Gasteiger partial charge in [-0.2, -0.15) is 0 Å². The van der Waals surface area contributed by atoms with Crippen LogP contribution in [0, 0.1) is 22.7 Å². The Labute approximate surface area is 279 Å². The van der Waals surface area contributed by atoms with E-state index in [1.807, 2.05) is 42.5 Å². The number of aliphatic hydroxyl groups is 4. The zero-order chi connectivity index (χ0) is 35.2. The first-order valence-electron chi connectivity index (χ1n) is 16.3. The van der Waals surface area contributed by atoms with E-state index in [-0.39, 0.29) is 23.3 Å². The van der Waals surface area contributed by atoms with E-state index in [0.29, 0.717) is 17.5 Å². The number of carbonyl (C=O) groups excluding carboxylic acids is 3. The molecule has 0 heterocycles. The summed E-state index contributed by atoms with van der Waals surface area (Å²) >= 11 is 0. The molecular formula is C40H42O8. The molecule has 0 aromatic heterocycles. The molecule has 5 N–H and O–H groups in total. The van der Waals surface area contributed by atoms with Crippen LogP contribution in [0.1, 0.15) is 69.7 Å². The standard InChI is InChI=1S/C40H42O8/c1-19(2)30-33(43)28(22(5)41)35(45)40(48)36(46)31-34(44)29-26(21(4)38(31,6)37(47)39(30,40)7)16-15-25(32(29)42)18-20(3)17-24-13-10-12-23-11-8-9-14-27(23)24/h8-16,19,21,30,37,42,44-45,47-48H,3,17-18H2,1-2,4-7H3/t21-,30?,37-,38+,39+,40+/m1/s1. The summed E-state index contributed by atoms with van der Waals surface area (Å²) in [6, 6.07) is 17.6. The number of carbonyl (C=O) groups is 3. The van der Waals surface area contributed by atoms with Gasteiger partial charge in [-0.3, -0.25) is 14.4 Å². The van der Waals surface area contributed by atoms with Gasteiger partial charge in [0.1, 0.15) is 22.8 Å². The van der Waals surface area contributed by atoms with Crippen LogP contribution in [0.3, 0.4) is 0 Å². The van der Waals surface area contributed by atoms with Crippen molar-refractivity contribution in [2.24, 2.45) is 22.7 Å². The third-order valence-electron chi connectivity index (χ3n) is 11.7. The Morgan fingerprint density at radius 1 is 0.938 bits per heavy atom. The lowest BCUT2D eigenvalue weighted by Gasteiger charge is -2.63. The van der Waals surface area contributed by atoms with E-state index in [1.54, 1.807) is 39.8 Å². The molecule has 0 saturated heterocycles. The zero-order valence-electron chi connectivity index (χ0n) is 28.1. The average molecular weight is 651 g/mol. The van der Waals surface area contributed by atoms with Gasteiger partial charge in [0.2, 0.25) is 5.78 Å². The number of hydrogen-bond donors (Lipinski definition) is 5. The quantitative estimate of drug-likeness (QED) is 0.156. The fourth-order valence-corrected chi connectivity index (χ4v) is 9.16. The second-order valence-electron chi connectivity index (χ2n) is 14.6. The van der Waals surface area contributed by atoms with Gasteiger partial charge >= 0.3 is 0 Å². The summed E-state index contributed by atoms with van der Waals surface area (Å²) in [5.41, 5.74) is -4.77. The van der Waals surface area contributed by atoms with Gasteiger partial charge in [-0.05, 0) is 59.1 Å². The molecule has 250 valence electrons. The molecule has 1 saturated carbocycles. The normalized spacial score (nSPS) is 30.0. The van der Waals surface area contributed by atoms with E-state index >= 15 is 0 Å². The van der Waals surface area contributed by atoms with Crippen molar-refractivity contribution in [3.63, 3.8) is 0 Å². The maximum atomic E-state index is 14.7. The number of fused-ring (bicyclic) bond motifs is 4. The predicted molar refractivity (Wildman–Crippen MR) is 182 cm³/mol. The Morgan fingerprint density at radius 3 is 2.21 bits per heavy atom. The topological polar surface area (TPSA) is 152 Å². The molecule has 6 rings (SSSR count). The molecule has 0 spiro atoms. The van der Waals surface area contributed by atoms with Crippen LogP contribution in [0.2, 0.25) is 0 Å². The van der Waals surface area contributed by atoms with Gasteiger partial charge < -0.3 is 25.5 Å². The van der Waals surface area contributed by atoms with Crippen LogP contribution in [0.25, 0.3) is 16.5 Å². The summed E-state index contributed by atoms with van der Waals surface area (Å²) in [5.74, 6) is -7.25. The Bertz CT molecular complexity index is 2010. The maximum Gasteiger partial charge on any atom is 0.203 e. The zero-order valence-corrected chi connectivity index (χ0v) is 28.1. The number of allylic oxidation sites excluding steroid dienone is 2. The molecule has 1 fully saturated rings. The minimum Gasteiger partial charge on any atom is -0.508 e. The number of hydrogen-bond acceptors (Lipinski definition) is 8. The van der Waals surface area contributed by atoms with E-state index in [4.69, 9.17) is 0 Å². The molecule has 0 bridgehead atoms. The third-order valence-corrected chi connectivity index (χ3v) is 11.7. The molecule has 8 heteroatoms. The van der Waals surface area contributed by atoms with E-state index in [9.17, 15) is 39.9 Å². The largest absolute Gasteiger partial charge is 0.508 e. The number of aliphatic hydroxyl groups excluding tert-OH is 3. The summed E-state index contributed by atoms with van der Waals surface area (Å²) in [6.45, 7) is 13.4. The van der Waals surface area contributed by atoms with E-state index in [2.05, 4.69) is 6.58 Å². The van der Waals surface area contributed by atoms with Crippen LogP contribution in [-0.2, 0) is 27.2 Å². The molecule has 0 aliphatic heterocycles. The minimum atomic E-state index is -2.92. The first-order valence-corrected chi connectivity index (χ1v) is 16.3. The molecule has 3 aromatic rings. The SMILES string of the molecule is C=C(Cc1ccc2c(c1O)C(O)=C1C(=O)[C@@]3(O)C(O)=C(C(C)=O)C(=O)C(C(C)C)[C@@]3(C)[C@H](O)[C@@]1(C)[C@@H]2C)Cc1cccc2ccccc12. The molecule has 3 aliphatic rings. The Hall–Kier alpha value is -4.53. The maximum absolute atomic E-state index is 14.7. The second-order valence-corrected chi connectivity index (χ2v) is 14.6. The Balaban J connectivity index is 1.49.